The van der Waals surface area contributed by atoms with Gasteiger partial charge < -0.3 is 14.4 Å². The molecule has 2 aromatic carbocycles. The number of nitrogens with zero attached hydrogens (tertiary/aromatic N) is 3. The summed E-state index contributed by atoms with van der Waals surface area (Å²) in [5.41, 5.74) is 3.25. The second kappa shape index (κ2) is 11.6. The van der Waals surface area contributed by atoms with Crippen molar-refractivity contribution in [3.63, 3.8) is 0 Å². The number of ether oxygens (including phenoxy) is 2. The first-order valence-corrected chi connectivity index (χ1v) is 13.4. The quantitative estimate of drug-likeness (QED) is 0.325. The van der Waals surface area contributed by atoms with Crippen LogP contribution >= 0.6 is 11.3 Å². The van der Waals surface area contributed by atoms with Crippen molar-refractivity contribution in [3.8, 4) is 5.75 Å². The lowest BCUT2D eigenvalue weighted by Gasteiger charge is -2.24. The molecule has 38 heavy (non-hydrogen) atoms. The van der Waals surface area contributed by atoms with Gasteiger partial charge in [0.15, 0.2) is 4.80 Å². The summed E-state index contributed by atoms with van der Waals surface area (Å²) >= 11 is 1.28. The first-order chi connectivity index (χ1) is 18.3. The molecule has 8 nitrogen and oxygen atoms in total. The molecule has 0 saturated heterocycles. The number of aromatic nitrogens is 1. The molecule has 0 radical (unpaired) electrons. The first kappa shape index (κ1) is 27.1. The van der Waals surface area contributed by atoms with Crippen molar-refractivity contribution < 1.29 is 19.1 Å². The van der Waals surface area contributed by atoms with Crippen LogP contribution in [0.3, 0.4) is 0 Å². The highest BCUT2D eigenvalue weighted by Crippen LogP contribution is 2.31. The SMILES string of the molecule is CCOC(=O)C1=C(C)N=c2s/c(=C\c3ccc(N(CC)CC)cc3)c(=O)n2[C@H]1c1ccc(OC(C)=O)cc1. The molecule has 9 heteroatoms. The molecule has 1 aliphatic heterocycles. The van der Waals surface area contributed by atoms with Gasteiger partial charge in [-0.2, -0.15) is 0 Å². The number of carbonyl (C=O) groups excluding carboxylic acids is 2. The van der Waals surface area contributed by atoms with E-state index in [-0.39, 0.29) is 12.2 Å². The zero-order chi connectivity index (χ0) is 27.4. The molecular weight excluding hydrogens is 502 g/mol. The summed E-state index contributed by atoms with van der Waals surface area (Å²) in [6.45, 7) is 11.1. The van der Waals surface area contributed by atoms with Crippen LogP contribution in [0.2, 0.25) is 0 Å². The predicted molar refractivity (Wildman–Crippen MR) is 148 cm³/mol. The van der Waals surface area contributed by atoms with Crippen molar-refractivity contribution in [1.82, 2.24) is 4.57 Å². The van der Waals surface area contributed by atoms with Gasteiger partial charge in [-0.05, 0) is 69.2 Å². The van der Waals surface area contributed by atoms with E-state index in [2.05, 4.69) is 23.7 Å². The van der Waals surface area contributed by atoms with Gasteiger partial charge in [-0.1, -0.05) is 35.6 Å². The fourth-order valence-corrected chi connectivity index (χ4v) is 5.56. The number of thiazole rings is 1. The van der Waals surface area contributed by atoms with Gasteiger partial charge in [0.1, 0.15) is 5.75 Å². The number of carbonyl (C=O) groups is 2. The number of benzene rings is 2. The Morgan fingerprint density at radius 3 is 2.29 bits per heavy atom. The van der Waals surface area contributed by atoms with Crippen molar-refractivity contribution in [2.24, 2.45) is 4.99 Å². The van der Waals surface area contributed by atoms with Crippen LogP contribution in [-0.4, -0.2) is 36.2 Å². The zero-order valence-electron chi connectivity index (χ0n) is 22.2. The molecule has 1 atom stereocenters. The molecule has 0 N–H and O–H groups in total. The number of rotatable bonds is 8. The van der Waals surface area contributed by atoms with Gasteiger partial charge in [0.05, 0.1) is 28.5 Å². The third-order valence-electron chi connectivity index (χ3n) is 6.29. The Kier molecular flexibility index (Phi) is 8.26. The monoisotopic (exact) mass is 533 g/mol. The Morgan fingerprint density at radius 1 is 1.05 bits per heavy atom. The van der Waals surface area contributed by atoms with Gasteiger partial charge in [0.25, 0.3) is 5.56 Å². The second-order valence-electron chi connectivity index (χ2n) is 8.73. The van der Waals surface area contributed by atoms with E-state index in [0.717, 1.165) is 24.3 Å². The van der Waals surface area contributed by atoms with E-state index in [1.807, 2.05) is 30.3 Å². The van der Waals surface area contributed by atoms with Crippen molar-refractivity contribution in [1.29, 1.82) is 0 Å². The van der Waals surface area contributed by atoms with Crippen molar-refractivity contribution in [3.05, 3.63) is 90.6 Å². The van der Waals surface area contributed by atoms with Crippen LogP contribution in [0.25, 0.3) is 6.08 Å². The summed E-state index contributed by atoms with van der Waals surface area (Å²) in [6, 6.07) is 14.1. The van der Waals surface area contributed by atoms with Gasteiger partial charge in [0, 0.05) is 25.7 Å². The molecule has 0 fully saturated rings. The standard InChI is InChI=1S/C29H31N3O5S/c1-6-31(7-2)22-13-9-20(10-14-22)17-24-27(34)32-26(21-11-15-23(16-12-21)37-19(5)33)25(28(35)36-8-3)18(4)30-29(32)38-24/h9-17,26H,6-8H2,1-5H3/b24-17-/t26-/m0/s1. The van der Waals surface area contributed by atoms with Crippen LogP contribution in [-0.2, 0) is 14.3 Å². The van der Waals surface area contributed by atoms with Crippen LogP contribution < -0.4 is 24.5 Å². The molecular formula is C29H31N3O5S. The maximum atomic E-state index is 13.7. The lowest BCUT2D eigenvalue weighted by molar-refractivity contribution is -0.139. The fourth-order valence-electron chi connectivity index (χ4n) is 4.51. The number of hydrogen-bond donors (Lipinski definition) is 0. The van der Waals surface area contributed by atoms with E-state index in [4.69, 9.17) is 9.47 Å². The lowest BCUT2D eigenvalue weighted by Crippen LogP contribution is -2.39. The Hall–Kier alpha value is -3.98. The van der Waals surface area contributed by atoms with E-state index >= 15 is 0 Å². The van der Waals surface area contributed by atoms with Crippen LogP contribution in [0.1, 0.15) is 51.8 Å². The molecule has 0 aliphatic carbocycles. The maximum absolute atomic E-state index is 13.7. The highest BCUT2D eigenvalue weighted by molar-refractivity contribution is 7.07. The zero-order valence-corrected chi connectivity index (χ0v) is 23.0. The molecule has 1 aromatic heterocycles. The summed E-state index contributed by atoms with van der Waals surface area (Å²) in [6.07, 6.45) is 1.85. The Morgan fingerprint density at radius 2 is 1.71 bits per heavy atom. The maximum Gasteiger partial charge on any atom is 0.338 e. The Bertz CT molecular complexity index is 1550. The molecule has 3 aromatic rings. The fraction of sp³-hybridized carbons (Fsp3) is 0.310. The normalized spacial score (nSPS) is 15.1. The summed E-state index contributed by atoms with van der Waals surface area (Å²) < 4.78 is 12.5. The minimum Gasteiger partial charge on any atom is -0.463 e. The van der Waals surface area contributed by atoms with Gasteiger partial charge in [-0.15, -0.1) is 0 Å². The summed E-state index contributed by atoms with van der Waals surface area (Å²) in [4.78, 5) is 45.5. The molecule has 1 aliphatic rings. The molecule has 198 valence electrons. The van der Waals surface area contributed by atoms with Gasteiger partial charge in [-0.25, -0.2) is 9.79 Å². The van der Waals surface area contributed by atoms with Crippen LogP contribution in [0, 0.1) is 0 Å². The Labute approximate surface area is 225 Å². The van der Waals surface area contributed by atoms with Crippen molar-refractivity contribution >= 4 is 35.0 Å². The predicted octanol–water partition coefficient (Wildman–Crippen LogP) is 3.57. The van der Waals surface area contributed by atoms with E-state index < -0.39 is 18.0 Å². The third kappa shape index (κ3) is 5.47. The second-order valence-corrected chi connectivity index (χ2v) is 9.74. The van der Waals surface area contributed by atoms with E-state index in [0.29, 0.717) is 31.9 Å². The molecule has 4 rings (SSSR count). The molecule has 2 heterocycles. The van der Waals surface area contributed by atoms with E-state index in [1.165, 1.54) is 18.3 Å². The largest absolute Gasteiger partial charge is 0.463 e. The first-order valence-electron chi connectivity index (χ1n) is 12.6. The Balaban J connectivity index is 1.83. The number of anilines is 1. The van der Waals surface area contributed by atoms with Crippen LogP contribution in [0.15, 0.2) is 69.6 Å². The number of hydrogen-bond acceptors (Lipinski definition) is 8. The summed E-state index contributed by atoms with van der Waals surface area (Å²) in [5.74, 6) is -0.580. The number of fused-ring (bicyclic) bond motifs is 1. The smallest absolute Gasteiger partial charge is 0.338 e. The minimum atomic E-state index is -0.733. The van der Waals surface area contributed by atoms with E-state index in [1.54, 1.807) is 42.7 Å². The topological polar surface area (TPSA) is 90.2 Å². The number of allylic oxidation sites excluding steroid dienone is 1. The highest BCUT2D eigenvalue weighted by Gasteiger charge is 2.33. The molecule has 0 spiro atoms. The molecule has 0 amide bonds. The van der Waals surface area contributed by atoms with Crippen LogP contribution in [0.4, 0.5) is 5.69 Å². The summed E-state index contributed by atoms with van der Waals surface area (Å²) in [5, 5.41) is 0. The molecule has 0 bridgehead atoms. The highest BCUT2D eigenvalue weighted by atomic mass is 32.1. The average Bonchev–Trinajstić information content (AvgIpc) is 3.19. The van der Waals surface area contributed by atoms with Crippen molar-refractivity contribution in [2.75, 3.05) is 24.6 Å². The van der Waals surface area contributed by atoms with Gasteiger partial charge in [0.2, 0.25) is 0 Å². The van der Waals surface area contributed by atoms with Crippen LogP contribution in [0.5, 0.6) is 5.75 Å². The van der Waals surface area contributed by atoms with Gasteiger partial charge >= 0.3 is 11.9 Å². The van der Waals surface area contributed by atoms with Gasteiger partial charge in [-0.3, -0.25) is 14.2 Å². The molecule has 0 saturated carbocycles. The third-order valence-corrected chi connectivity index (χ3v) is 7.28. The number of esters is 2. The average molecular weight is 534 g/mol. The van der Waals surface area contributed by atoms with E-state index in [9.17, 15) is 14.4 Å². The minimum absolute atomic E-state index is 0.196. The summed E-state index contributed by atoms with van der Waals surface area (Å²) in [7, 11) is 0. The van der Waals surface area contributed by atoms with Crippen molar-refractivity contribution in [2.45, 2.75) is 40.7 Å². The lowest BCUT2D eigenvalue weighted by atomic mass is 9.96. The molecule has 0 unspecified atom stereocenters.